The van der Waals surface area contributed by atoms with Gasteiger partial charge in [-0.3, -0.25) is 4.79 Å². The number of rotatable bonds is 4. The van der Waals surface area contributed by atoms with Crippen molar-refractivity contribution in [2.75, 3.05) is 16.4 Å². The summed E-state index contributed by atoms with van der Waals surface area (Å²) in [6.07, 6.45) is -4.90. The number of amides is 3. The van der Waals surface area contributed by atoms with Crippen molar-refractivity contribution in [2.24, 2.45) is 5.73 Å². The van der Waals surface area contributed by atoms with Gasteiger partial charge in [0, 0.05) is 11.3 Å². The molecule has 1 aromatic heterocycles. The van der Waals surface area contributed by atoms with Crippen LogP contribution < -0.4 is 22.1 Å². The molecule has 0 atom stereocenters. The molecule has 0 aliphatic heterocycles. The number of nitrogens with one attached hydrogen (secondary N) is 2. The lowest BCUT2D eigenvalue weighted by atomic mass is 10.1. The Morgan fingerprint density at radius 1 is 1.00 bits per heavy atom. The van der Waals surface area contributed by atoms with Crippen molar-refractivity contribution < 1.29 is 27.2 Å². The minimum atomic E-state index is -4.90. The maximum atomic E-state index is 14.1. The van der Waals surface area contributed by atoms with Gasteiger partial charge < -0.3 is 22.1 Å². The number of anilines is 3. The van der Waals surface area contributed by atoms with Gasteiger partial charge in [-0.05, 0) is 45.0 Å². The third-order valence-corrected chi connectivity index (χ3v) is 4.77. The molecule has 34 heavy (non-hydrogen) atoms. The molecule has 6 N–H and O–H groups in total. The molecule has 0 spiro atoms. The number of primary amides is 1. The molecule has 3 rings (SSSR count). The number of aromatic nitrogens is 2. The molecule has 0 unspecified atom stereocenters. The highest BCUT2D eigenvalue weighted by Crippen LogP contribution is 2.34. The number of carbonyl (C=O) groups is 2. The highest BCUT2D eigenvalue weighted by atomic mass is 19.4. The predicted octanol–water partition coefficient (Wildman–Crippen LogP) is 4.79. The molecule has 2 aromatic carbocycles. The Morgan fingerprint density at radius 3 is 2.15 bits per heavy atom. The zero-order chi connectivity index (χ0) is 25.4. The summed E-state index contributed by atoms with van der Waals surface area (Å²) in [5.41, 5.74) is 9.96. The van der Waals surface area contributed by atoms with E-state index in [1.165, 1.54) is 16.8 Å². The van der Waals surface area contributed by atoms with E-state index in [0.29, 0.717) is 11.6 Å². The molecule has 3 amide bonds. The van der Waals surface area contributed by atoms with Gasteiger partial charge in [0.1, 0.15) is 17.1 Å². The first kappa shape index (κ1) is 24.6. The van der Waals surface area contributed by atoms with E-state index in [4.69, 9.17) is 11.5 Å². The van der Waals surface area contributed by atoms with E-state index in [9.17, 15) is 27.2 Å². The van der Waals surface area contributed by atoms with E-state index in [0.717, 1.165) is 12.1 Å². The van der Waals surface area contributed by atoms with Gasteiger partial charge in [0.2, 0.25) is 0 Å². The molecule has 0 aliphatic carbocycles. The van der Waals surface area contributed by atoms with Crippen LogP contribution in [0.4, 0.5) is 39.5 Å². The first-order chi connectivity index (χ1) is 15.7. The normalized spacial score (nSPS) is 11.9. The maximum absolute atomic E-state index is 14.1. The largest absolute Gasteiger partial charge is 0.419 e. The summed E-state index contributed by atoms with van der Waals surface area (Å²) in [4.78, 5) is 24.2. The van der Waals surface area contributed by atoms with Crippen LogP contribution in [0.15, 0.2) is 42.5 Å². The number of halogens is 4. The average Bonchev–Trinajstić information content (AvgIpc) is 3.07. The zero-order valence-electron chi connectivity index (χ0n) is 18.4. The molecule has 0 saturated carbocycles. The first-order valence-electron chi connectivity index (χ1n) is 9.93. The second-order valence-electron chi connectivity index (χ2n) is 8.38. The van der Waals surface area contributed by atoms with Gasteiger partial charge in [0.25, 0.3) is 5.91 Å². The number of hydrogen-bond donors (Lipinski definition) is 4. The Labute approximate surface area is 191 Å². The van der Waals surface area contributed by atoms with Crippen molar-refractivity contribution in [3.8, 4) is 11.3 Å². The predicted molar refractivity (Wildman–Crippen MR) is 120 cm³/mol. The molecule has 0 radical (unpaired) electrons. The summed E-state index contributed by atoms with van der Waals surface area (Å²) < 4.78 is 54.1. The molecular formula is C22H22F4N6O2. The number of nitrogens with zero attached hydrogens (tertiary/aromatic N) is 2. The van der Waals surface area contributed by atoms with Gasteiger partial charge in [-0.1, -0.05) is 18.2 Å². The SMILES string of the molecule is CC(C)(C)n1nc(-c2ccc(NC(=O)Nc3cccc(C(F)(F)F)c3F)cc2)c(C(N)=O)c1N. The van der Waals surface area contributed by atoms with Gasteiger partial charge in [-0.25, -0.2) is 13.9 Å². The number of nitrogens with two attached hydrogens (primary N) is 2. The number of carbonyl (C=O) groups excluding carboxylic acids is 2. The van der Waals surface area contributed by atoms with Crippen molar-refractivity contribution in [3.63, 3.8) is 0 Å². The van der Waals surface area contributed by atoms with Crippen LogP contribution in [0.5, 0.6) is 0 Å². The zero-order valence-corrected chi connectivity index (χ0v) is 18.4. The second-order valence-corrected chi connectivity index (χ2v) is 8.38. The van der Waals surface area contributed by atoms with Crippen molar-refractivity contribution in [1.82, 2.24) is 9.78 Å². The Morgan fingerprint density at radius 2 is 1.62 bits per heavy atom. The van der Waals surface area contributed by atoms with E-state index in [2.05, 4.69) is 15.7 Å². The van der Waals surface area contributed by atoms with E-state index in [1.807, 2.05) is 20.8 Å². The Balaban J connectivity index is 1.82. The lowest BCUT2D eigenvalue weighted by Crippen LogP contribution is -2.25. The van der Waals surface area contributed by atoms with Gasteiger partial charge in [-0.15, -0.1) is 0 Å². The van der Waals surface area contributed by atoms with Crippen molar-refractivity contribution in [2.45, 2.75) is 32.5 Å². The monoisotopic (exact) mass is 478 g/mol. The topological polar surface area (TPSA) is 128 Å². The molecule has 180 valence electrons. The third kappa shape index (κ3) is 4.95. The number of nitrogen functional groups attached to an aromatic ring is 1. The lowest BCUT2D eigenvalue weighted by Gasteiger charge is -2.20. The van der Waals surface area contributed by atoms with E-state index >= 15 is 0 Å². The van der Waals surface area contributed by atoms with Crippen LogP contribution in [0, 0.1) is 5.82 Å². The number of alkyl halides is 3. The van der Waals surface area contributed by atoms with Crippen LogP contribution in [-0.2, 0) is 11.7 Å². The van der Waals surface area contributed by atoms with Crippen LogP contribution in [0.2, 0.25) is 0 Å². The fourth-order valence-corrected chi connectivity index (χ4v) is 3.23. The summed E-state index contributed by atoms with van der Waals surface area (Å²) in [5.74, 6) is -2.24. The van der Waals surface area contributed by atoms with Crippen LogP contribution >= 0.6 is 0 Å². The molecule has 0 fully saturated rings. The Hall–Kier alpha value is -4.09. The average molecular weight is 478 g/mol. The highest BCUT2D eigenvalue weighted by molar-refractivity contribution is 6.03. The smallest absolute Gasteiger partial charge is 0.383 e. The summed E-state index contributed by atoms with van der Waals surface area (Å²) in [6.45, 7) is 5.55. The van der Waals surface area contributed by atoms with Crippen molar-refractivity contribution >= 4 is 29.1 Å². The summed E-state index contributed by atoms with van der Waals surface area (Å²) in [5, 5.41) is 8.86. The molecule has 1 heterocycles. The van der Waals surface area contributed by atoms with Crippen LogP contribution in [0.1, 0.15) is 36.7 Å². The number of benzene rings is 2. The Kier molecular flexibility index (Phi) is 6.27. The summed E-state index contributed by atoms with van der Waals surface area (Å²) >= 11 is 0. The lowest BCUT2D eigenvalue weighted by molar-refractivity contribution is -0.139. The fraction of sp³-hybridized carbons (Fsp3) is 0.227. The first-order valence-corrected chi connectivity index (χ1v) is 9.93. The van der Waals surface area contributed by atoms with Crippen LogP contribution in [-0.4, -0.2) is 21.7 Å². The molecule has 0 aliphatic rings. The molecule has 0 bridgehead atoms. The van der Waals surface area contributed by atoms with E-state index < -0.39 is 40.7 Å². The Bertz CT molecular complexity index is 1240. The van der Waals surface area contributed by atoms with Gasteiger partial charge in [-0.2, -0.15) is 18.3 Å². The molecule has 0 saturated heterocycles. The second kappa shape index (κ2) is 8.69. The highest BCUT2D eigenvalue weighted by Gasteiger charge is 2.35. The van der Waals surface area contributed by atoms with Crippen molar-refractivity contribution in [3.05, 3.63) is 59.4 Å². The fourth-order valence-electron chi connectivity index (χ4n) is 3.23. The number of urea groups is 1. The standard InChI is InChI=1S/C22H22F4N6O2/c1-21(2,3)32-18(27)15(19(28)33)17(31-32)11-7-9-12(10-8-11)29-20(34)30-14-6-4-5-13(16(14)23)22(24,25)26/h4-10H,27H2,1-3H3,(H2,28,33)(H2,29,30,34). The molecule has 3 aromatic rings. The quantitative estimate of drug-likeness (QED) is 0.402. The van der Waals surface area contributed by atoms with Crippen LogP contribution in [0.3, 0.4) is 0 Å². The minimum absolute atomic E-state index is 0.0494. The third-order valence-electron chi connectivity index (χ3n) is 4.77. The van der Waals surface area contributed by atoms with Crippen LogP contribution in [0.25, 0.3) is 11.3 Å². The molecule has 12 heteroatoms. The van der Waals surface area contributed by atoms with E-state index in [-0.39, 0.29) is 22.8 Å². The minimum Gasteiger partial charge on any atom is -0.383 e. The van der Waals surface area contributed by atoms with Gasteiger partial charge in [0.15, 0.2) is 5.82 Å². The molecule has 8 nitrogen and oxygen atoms in total. The summed E-state index contributed by atoms with van der Waals surface area (Å²) in [6, 6.07) is 7.63. The number of hydrogen-bond acceptors (Lipinski definition) is 4. The van der Waals surface area contributed by atoms with Crippen molar-refractivity contribution in [1.29, 1.82) is 0 Å². The summed E-state index contributed by atoms with van der Waals surface area (Å²) in [7, 11) is 0. The van der Waals surface area contributed by atoms with Gasteiger partial charge >= 0.3 is 12.2 Å². The van der Waals surface area contributed by atoms with E-state index in [1.54, 1.807) is 12.1 Å². The van der Waals surface area contributed by atoms with Gasteiger partial charge in [0.05, 0.1) is 16.8 Å². The molecular weight excluding hydrogens is 456 g/mol. The maximum Gasteiger partial charge on any atom is 0.419 e.